The number of aliphatic carboxylic acids is 1. The van der Waals surface area contributed by atoms with Gasteiger partial charge in [-0.05, 0) is 12.3 Å². The largest absolute Gasteiger partial charge is 0.481 e. The van der Waals surface area contributed by atoms with Gasteiger partial charge in [-0.2, -0.15) is 0 Å². The predicted octanol–water partition coefficient (Wildman–Crippen LogP) is 1.26. The lowest BCUT2D eigenvalue weighted by atomic mass is 10.1. The molecule has 4 nitrogen and oxygen atoms in total. The fraction of sp³-hybridized carbons (Fsp3) is 0.800. The summed E-state index contributed by atoms with van der Waals surface area (Å²) in [6.45, 7) is 6.02. The van der Waals surface area contributed by atoms with Crippen LogP contribution in [0.5, 0.6) is 0 Å². The van der Waals surface area contributed by atoms with Crippen molar-refractivity contribution in [1.29, 1.82) is 0 Å². The second kappa shape index (κ2) is 6.40. The van der Waals surface area contributed by atoms with E-state index in [1.54, 1.807) is 6.92 Å². The molecule has 4 heteroatoms. The fourth-order valence-corrected chi connectivity index (χ4v) is 0.995. The van der Waals surface area contributed by atoms with Crippen LogP contribution in [0, 0.1) is 11.8 Å². The van der Waals surface area contributed by atoms with Gasteiger partial charge in [-0.15, -0.1) is 0 Å². The molecule has 0 aliphatic carbocycles. The van der Waals surface area contributed by atoms with E-state index in [4.69, 9.17) is 5.11 Å². The molecule has 0 heterocycles. The summed E-state index contributed by atoms with van der Waals surface area (Å²) in [4.78, 5) is 21.6. The minimum absolute atomic E-state index is 0.00223. The Bertz CT molecular complexity index is 202. The van der Waals surface area contributed by atoms with E-state index in [0.29, 0.717) is 25.3 Å². The number of rotatable bonds is 6. The molecule has 0 aliphatic rings. The molecular formula is C10H19NO3. The summed E-state index contributed by atoms with van der Waals surface area (Å²) in [6, 6.07) is 0. The molecule has 0 radical (unpaired) electrons. The van der Waals surface area contributed by atoms with Gasteiger partial charge in [0.25, 0.3) is 0 Å². The van der Waals surface area contributed by atoms with Crippen molar-refractivity contribution >= 4 is 11.9 Å². The lowest BCUT2D eigenvalue weighted by Crippen LogP contribution is -2.27. The Morgan fingerprint density at radius 3 is 2.29 bits per heavy atom. The van der Waals surface area contributed by atoms with Crippen molar-refractivity contribution in [3.8, 4) is 0 Å². The van der Waals surface area contributed by atoms with Gasteiger partial charge in [-0.1, -0.05) is 20.8 Å². The van der Waals surface area contributed by atoms with Crippen molar-refractivity contribution in [2.45, 2.75) is 33.6 Å². The predicted molar refractivity (Wildman–Crippen MR) is 53.9 cm³/mol. The minimum Gasteiger partial charge on any atom is -0.481 e. The molecule has 0 saturated heterocycles. The number of nitrogens with one attached hydrogen (secondary N) is 1. The molecule has 0 fully saturated rings. The maximum absolute atomic E-state index is 11.1. The third-order valence-electron chi connectivity index (χ3n) is 1.91. The number of amides is 1. The van der Waals surface area contributed by atoms with E-state index in [2.05, 4.69) is 5.32 Å². The van der Waals surface area contributed by atoms with Gasteiger partial charge in [-0.3, -0.25) is 9.59 Å². The van der Waals surface area contributed by atoms with Crippen LogP contribution in [-0.2, 0) is 9.59 Å². The van der Waals surface area contributed by atoms with Gasteiger partial charge in [0.2, 0.25) is 5.91 Å². The summed E-state index contributed by atoms with van der Waals surface area (Å²) < 4.78 is 0. The average Bonchev–Trinajstić information content (AvgIpc) is 2.02. The Labute approximate surface area is 84.7 Å². The second-order valence-corrected chi connectivity index (χ2v) is 3.98. The van der Waals surface area contributed by atoms with Gasteiger partial charge in [0.1, 0.15) is 0 Å². The molecule has 0 aliphatic heterocycles. The lowest BCUT2D eigenvalue weighted by Gasteiger charge is -2.08. The van der Waals surface area contributed by atoms with Crippen LogP contribution in [0.1, 0.15) is 33.6 Å². The van der Waals surface area contributed by atoms with Crippen molar-refractivity contribution in [3.63, 3.8) is 0 Å². The zero-order valence-electron chi connectivity index (χ0n) is 9.04. The van der Waals surface area contributed by atoms with Crippen molar-refractivity contribution in [1.82, 2.24) is 5.32 Å². The normalized spacial score (nSPS) is 12.6. The molecule has 0 aromatic heterocycles. The SMILES string of the molecule is CC(C)CC(=O)NCCC(C)C(=O)O. The van der Waals surface area contributed by atoms with Crippen molar-refractivity contribution < 1.29 is 14.7 Å². The molecule has 82 valence electrons. The van der Waals surface area contributed by atoms with Crippen LogP contribution in [0.25, 0.3) is 0 Å². The molecular weight excluding hydrogens is 182 g/mol. The highest BCUT2D eigenvalue weighted by molar-refractivity contribution is 5.76. The Balaban J connectivity index is 3.54. The third kappa shape index (κ3) is 6.46. The van der Waals surface area contributed by atoms with Crippen molar-refractivity contribution in [2.75, 3.05) is 6.54 Å². The summed E-state index contributed by atoms with van der Waals surface area (Å²) in [5.41, 5.74) is 0. The van der Waals surface area contributed by atoms with Crippen LogP contribution in [0.2, 0.25) is 0 Å². The summed E-state index contributed by atoms with van der Waals surface area (Å²) in [5.74, 6) is -0.873. The number of hydrogen-bond donors (Lipinski definition) is 2. The topological polar surface area (TPSA) is 66.4 Å². The van der Waals surface area contributed by atoms with Crippen LogP contribution in [0.15, 0.2) is 0 Å². The maximum Gasteiger partial charge on any atom is 0.306 e. The number of carboxylic acids is 1. The minimum atomic E-state index is -0.817. The lowest BCUT2D eigenvalue weighted by molar-refractivity contribution is -0.141. The van der Waals surface area contributed by atoms with Crippen LogP contribution in [0.4, 0.5) is 0 Å². The van der Waals surface area contributed by atoms with E-state index in [1.165, 1.54) is 0 Å². The van der Waals surface area contributed by atoms with Crippen LogP contribution >= 0.6 is 0 Å². The zero-order chi connectivity index (χ0) is 11.1. The number of carbonyl (C=O) groups is 2. The van der Waals surface area contributed by atoms with Crippen molar-refractivity contribution in [3.05, 3.63) is 0 Å². The van der Waals surface area contributed by atoms with E-state index in [0.717, 1.165) is 0 Å². The first-order chi connectivity index (χ1) is 6.43. The standard InChI is InChI=1S/C10H19NO3/c1-7(2)6-9(12)11-5-4-8(3)10(13)14/h7-8H,4-6H2,1-3H3,(H,11,12)(H,13,14). The summed E-state index contributed by atoms with van der Waals surface area (Å²) in [7, 11) is 0. The smallest absolute Gasteiger partial charge is 0.306 e. The van der Waals surface area contributed by atoms with E-state index in [1.807, 2.05) is 13.8 Å². The molecule has 1 unspecified atom stereocenters. The highest BCUT2D eigenvalue weighted by Crippen LogP contribution is 2.01. The van der Waals surface area contributed by atoms with E-state index >= 15 is 0 Å². The highest BCUT2D eigenvalue weighted by atomic mass is 16.4. The van der Waals surface area contributed by atoms with Gasteiger partial charge in [0.05, 0.1) is 5.92 Å². The maximum atomic E-state index is 11.1. The first-order valence-electron chi connectivity index (χ1n) is 4.93. The van der Waals surface area contributed by atoms with Gasteiger partial charge < -0.3 is 10.4 Å². The van der Waals surface area contributed by atoms with Crippen molar-refractivity contribution in [2.24, 2.45) is 11.8 Å². The number of carbonyl (C=O) groups excluding carboxylic acids is 1. The van der Waals surface area contributed by atoms with Gasteiger partial charge in [-0.25, -0.2) is 0 Å². The summed E-state index contributed by atoms with van der Waals surface area (Å²) in [5, 5.41) is 11.3. The first-order valence-corrected chi connectivity index (χ1v) is 4.93. The third-order valence-corrected chi connectivity index (χ3v) is 1.91. The van der Waals surface area contributed by atoms with Crippen LogP contribution < -0.4 is 5.32 Å². The quantitative estimate of drug-likeness (QED) is 0.680. The fourth-order valence-electron chi connectivity index (χ4n) is 0.995. The first kappa shape index (κ1) is 12.9. The average molecular weight is 201 g/mol. The Morgan fingerprint density at radius 2 is 1.86 bits per heavy atom. The molecule has 0 aromatic carbocycles. The highest BCUT2D eigenvalue weighted by Gasteiger charge is 2.11. The molecule has 14 heavy (non-hydrogen) atoms. The summed E-state index contributed by atoms with van der Waals surface area (Å²) in [6.07, 6.45) is 0.987. The molecule has 0 rings (SSSR count). The Hall–Kier alpha value is -1.06. The molecule has 2 N–H and O–H groups in total. The summed E-state index contributed by atoms with van der Waals surface area (Å²) >= 11 is 0. The molecule has 0 aromatic rings. The molecule has 0 spiro atoms. The van der Waals surface area contributed by atoms with E-state index < -0.39 is 11.9 Å². The van der Waals surface area contributed by atoms with E-state index in [9.17, 15) is 9.59 Å². The molecule has 1 atom stereocenters. The van der Waals surface area contributed by atoms with Crippen LogP contribution in [-0.4, -0.2) is 23.5 Å². The van der Waals surface area contributed by atoms with Gasteiger partial charge >= 0.3 is 5.97 Å². The second-order valence-electron chi connectivity index (χ2n) is 3.98. The van der Waals surface area contributed by atoms with E-state index in [-0.39, 0.29) is 5.91 Å². The number of carboxylic acid groups (broad SMARTS) is 1. The van der Waals surface area contributed by atoms with Crippen LogP contribution in [0.3, 0.4) is 0 Å². The molecule has 1 amide bonds. The Kier molecular flexibility index (Phi) is 5.92. The molecule has 0 saturated carbocycles. The Morgan fingerprint density at radius 1 is 1.29 bits per heavy atom. The van der Waals surface area contributed by atoms with Gasteiger partial charge in [0.15, 0.2) is 0 Å². The molecule has 0 bridgehead atoms. The monoisotopic (exact) mass is 201 g/mol. The van der Waals surface area contributed by atoms with Gasteiger partial charge in [0, 0.05) is 13.0 Å². The zero-order valence-corrected chi connectivity index (χ0v) is 9.04. The number of hydrogen-bond acceptors (Lipinski definition) is 2.